The van der Waals surface area contributed by atoms with Gasteiger partial charge < -0.3 is 14.8 Å². The van der Waals surface area contributed by atoms with Crippen LogP contribution in [0.15, 0.2) is 42.5 Å². The molecule has 0 saturated carbocycles. The molecule has 23 heavy (non-hydrogen) atoms. The molecule has 0 unspecified atom stereocenters. The highest BCUT2D eigenvalue weighted by atomic mass is 19.1. The van der Waals surface area contributed by atoms with E-state index in [0.717, 1.165) is 12.1 Å². The van der Waals surface area contributed by atoms with E-state index in [1.165, 1.54) is 13.2 Å². The number of rotatable bonds is 6. The summed E-state index contributed by atoms with van der Waals surface area (Å²) in [7, 11) is 1.48. The Balaban J connectivity index is 2.16. The fraction of sp³-hybridized carbons (Fsp3) is 0.235. The number of nitrogens with one attached hydrogen (secondary N) is 1. The Morgan fingerprint density at radius 1 is 1.09 bits per heavy atom. The van der Waals surface area contributed by atoms with Crippen LogP contribution in [0.2, 0.25) is 0 Å². The quantitative estimate of drug-likeness (QED) is 0.881. The number of halogens is 2. The summed E-state index contributed by atoms with van der Waals surface area (Å²) >= 11 is 0. The molecule has 0 aliphatic rings. The maximum Gasteiger partial charge on any atom is 0.265 e. The van der Waals surface area contributed by atoms with Gasteiger partial charge >= 0.3 is 0 Å². The molecule has 122 valence electrons. The van der Waals surface area contributed by atoms with E-state index >= 15 is 0 Å². The van der Waals surface area contributed by atoms with Crippen molar-refractivity contribution in [1.82, 2.24) is 0 Å². The van der Waals surface area contributed by atoms with E-state index in [0.29, 0.717) is 17.9 Å². The van der Waals surface area contributed by atoms with Crippen molar-refractivity contribution < 1.29 is 23.0 Å². The average molecular weight is 321 g/mol. The zero-order valence-corrected chi connectivity index (χ0v) is 12.8. The van der Waals surface area contributed by atoms with Gasteiger partial charge in [-0.05, 0) is 30.7 Å². The first-order valence-electron chi connectivity index (χ1n) is 7.11. The van der Waals surface area contributed by atoms with Crippen molar-refractivity contribution in [2.75, 3.05) is 12.4 Å². The lowest BCUT2D eigenvalue weighted by molar-refractivity contribution is -0.122. The molecule has 0 aliphatic heterocycles. The minimum atomic E-state index is -0.912. The van der Waals surface area contributed by atoms with E-state index in [1.807, 2.05) is 0 Å². The van der Waals surface area contributed by atoms with Crippen LogP contribution in [0.3, 0.4) is 0 Å². The number of benzene rings is 2. The largest absolute Gasteiger partial charge is 0.493 e. The van der Waals surface area contributed by atoms with Crippen molar-refractivity contribution in [1.29, 1.82) is 0 Å². The smallest absolute Gasteiger partial charge is 0.265 e. The number of anilines is 1. The van der Waals surface area contributed by atoms with Crippen molar-refractivity contribution in [3.8, 4) is 11.5 Å². The third-order valence-electron chi connectivity index (χ3n) is 3.21. The highest BCUT2D eigenvalue weighted by Gasteiger charge is 2.22. The van der Waals surface area contributed by atoms with Gasteiger partial charge in [0.25, 0.3) is 5.91 Å². The Hall–Kier alpha value is -2.63. The standard InChI is InChI=1S/C17H17F2NO3/c1-3-13(23-15-10-5-4-9-14(15)22-2)17(21)20-16-11(18)7-6-8-12(16)19/h4-10,13H,3H2,1-2H3,(H,20,21)/t13-/m1/s1. The van der Waals surface area contributed by atoms with Crippen LogP contribution < -0.4 is 14.8 Å². The van der Waals surface area contributed by atoms with E-state index in [1.54, 1.807) is 31.2 Å². The third kappa shape index (κ3) is 3.97. The summed E-state index contributed by atoms with van der Waals surface area (Å²) in [5.41, 5.74) is -0.487. The summed E-state index contributed by atoms with van der Waals surface area (Å²) in [6, 6.07) is 10.2. The van der Waals surface area contributed by atoms with Crippen LogP contribution in [0.5, 0.6) is 11.5 Å². The van der Waals surface area contributed by atoms with Gasteiger partial charge in [-0.15, -0.1) is 0 Å². The second-order valence-corrected chi connectivity index (χ2v) is 4.75. The Morgan fingerprint density at radius 3 is 2.26 bits per heavy atom. The van der Waals surface area contributed by atoms with Crippen LogP contribution in [0.4, 0.5) is 14.5 Å². The highest BCUT2D eigenvalue weighted by molar-refractivity contribution is 5.94. The molecule has 0 heterocycles. The Bertz CT molecular complexity index is 671. The van der Waals surface area contributed by atoms with Crippen LogP contribution >= 0.6 is 0 Å². The Kier molecular flexibility index (Phi) is 5.51. The second kappa shape index (κ2) is 7.58. The number of ether oxygens (including phenoxy) is 2. The number of carbonyl (C=O) groups is 1. The fourth-order valence-electron chi connectivity index (χ4n) is 2.01. The summed E-state index contributed by atoms with van der Waals surface area (Å²) in [5, 5.41) is 2.23. The van der Waals surface area contributed by atoms with Gasteiger partial charge in [-0.25, -0.2) is 8.78 Å². The molecule has 0 bridgehead atoms. The van der Waals surface area contributed by atoms with Gasteiger partial charge in [0, 0.05) is 0 Å². The Morgan fingerprint density at radius 2 is 1.70 bits per heavy atom. The van der Waals surface area contributed by atoms with Gasteiger partial charge in [-0.1, -0.05) is 25.1 Å². The molecule has 1 N–H and O–H groups in total. The summed E-state index contributed by atoms with van der Waals surface area (Å²) in [6.07, 6.45) is -0.592. The number of amides is 1. The number of hydrogen-bond acceptors (Lipinski definition) is 3. The predicted octanol–water partition coefficient (Wildman–Crippen LogP) is 3.77. The average Bonchev–Trinajstić information content (AvgIpc) is 2.56. The van der Waals surface area contributed by atoms with Crippen LogP contribution in [0.1, 0.15) is 13.3 Å². The van der Waals surface area contributed by atoms with Crippen molar-refractivity contribution in [2.24, 2.45) is 0 Å². The van der Waals surface area contributed by atoms with Crippen LogP contribution in [-0.2, 0) is 4.79 Å². The summed E-state index contributed by atoms with van der Waals surface area (Å²) in [6.45, 7) is 1.73. The van der Waals surface area contributed by atoms with Gasteiger partial charge in [0.1, 0.15) is 17.3 Å². The molecule has 0 aliphatic carbocycles. The SMILES string of the molecule is CC[C@@H](Oc1ccccc1OC)C(=O)Nc1c(F)cccc1F. The lowest BCUT2D eigenvalue weighted by atomic mass is 10.2. The molecule has 0 radical (unpaired) electrons. The van der Waals surface area contributed by atoms with Crippen LogP contribution in [0.25, 0.3) is 0 Å². The topological polar surface area (TPSA) is 47.6 Å². The Labute approximate surface area is 133 Å². The van der Waals surface area contributed by atoms with E-state index in [-0.39, 0.29) is 0 Å². The van der Waals surface area contributed by atoms with Crippen molar-refractivity contribution in [2.45, 2.75) is 19.4 Å². The third-order valence-corrected chi connectivity index (χ3v) is 3.21. The normalized spacial score (nSPS) is 11.7. The molecule has 2 aromatic carbocycles. The highest BCUT2D eigenvalue weighted by Crippen LogP contribution is 2.28. The minimum Gasteiger partial charge on any atom is -0.493 e. The van der Waals surface area contributed by atoms with E-state index in [2.05, 4.69) is 5.32 Å². The second-order valence-electron chi connectivity index (χ2n) is 4.75. The van der Waals surface area contributed by atoms with E-state index in [4.69, 9.17) is 9.47 Å². The van der Waals surface area contributed by atoms with Gasteiger partial charge in [0.2, 0.25) is 0 Å². The molecular weight excluding hydrogens is 304 g/mol. The first-order chi connectivity index (χ1) is 11.1. The van der Waals surface area contributed by atoms with Gasteiger partial charge in [-0.3, -0.25) is 4.79 Å². The van der Waals surface area contributed by atoms with Crippen LogP contribution in [0, 0.1) is 11.6 Å². The molecule has 1 amide bonds. The zero-order valence-electron chi connectivity index (χ0n) is 12.8. The fourth-order valence-corrected chi connectivity index (χ4v) is 2.01. The maximum atomic E-state index is 13.6. The van der Waals surface area contributed by atoms with Crippen molar-refractivity contribution in [3.05, 3.63) is 54.1 Å². The number of carbonyl (C=O) groups excluding carboxylic acids is 1. The molecule has 6 heteroatoms. The molecule has 2 rings (SSSR count). The maximum absolute atomic E-state index is 13.6. The van der Waals surface area contributed by atoms with Gasteiger partial charge in [0.05, 0.1) is 7.11 Å². The first-order valence-corrected chi connectivity index (χ1v) is 7.11. The minimum absolute atomic E-state index is 0.319. The number of hydrogen-bond donors (Lipinski definition) is 1. The molecule has 0 spiro atoms. The number of para-hydroxylation sites is 3. The monoisotopic (exact) mass is 321 g/mol. The van der Waals surface area contributed by atoms with E-state index in [9.17, 15) is 13.6 Å². The molecule has 0 saturated heterocycles. The summed E-state index contributed by atoms with van der Waals surface area (Å²) in [4.78, 5) is 12.2. The van der Waals surface area contributed by atoms with Crippen molar-refractivity contribution in [3.63, 3.8) is 0 Å². The molecule has 4 nitrogen and oxygen atoms in total. The molecule has 2 aromatic rings. The summed E-state index contributed by atoms with van der Waals surface area (Å²) in [5.74, 6) is -1.47. The van der Waals surface area contributed by atoms with Crippen LogP contribution in [-0.4, -0.2) is 19.1 Å². The van der Waals surface area contributed by atoms with Crippen molar-refractivity contribution >= 4 is 11.6 Å². The lowest BCUT2D eigenvalue weighted by Gasteiger charge is -2.19. The lowest BCUT2D eigenvalue weighted by Crippen LogP contribution is -2.33. The van der Waals surface area contributed by atoms with E-state index < -0.39 is 29.3 Å². The summed E-state index contributed by atoms with van der Waals surface area (Å²) < 4.78 is 38.0. The zero-order chi connectivity index (χ0) is 16.8. The first kappa shape index (κ1) is 16.7. The number of methoxy groups -OCH3 is 1. The predicted molar refractivity (Wildman–Crippen MR) is 82.7 cm³/mol. The van der Waals surface area contributed by atoms with Gasteiger partial charge in [-0.2, -0.15) is 0 Å². The van der Waals surface area contributed by atoms with Gasteiger partial charge in [0.15, 0.2) is 17.6 Å². The molecular formula is C17H17F2NO3. The molecule has 1 atom stereocenters. The molecule has 0 fully saturated rings. The molecule has 0 aromatic heterocycles.